The molecule has 0 bridgehead atoms. The summed E-state index contributed by atoms with van der Waals surface area (Å²) in [6.45, 7) is 16.4. The average Bonchev–Trinajstić information content (AvgIpc) is 2.96. The van der Waals surface area contributed by atoms with Crippen molar-refractivity contribution in [2.75, 3.05) is 26.5 Å². The van der Waals surface area contributed by atoms with Gasteiger partial charge in [0.1, 0.15) is 17.7 Å². The van der Waals surface area contributed by atoms with Crippen molar-refractivity contribution in [3.05, 3.63) is 23.3 Å². The van der Waals surface area contributed by atoms with Crippen molar-refractivity contribution in [3.63, 3.8) is 0 Å². The quantitative estimate of drug-likeness (QED) is 0.219. The Morgan fingerprint density at radius 2 is 1.97 bits per heavy atom. The second-order valence-electron chi connectivity index (χ2n) is 9.43. The van der Waals surface area contributed by atoms with Crippen LogP contribution in [-0.4, -0.2) is 73.2 Å². The third-order valence-electron chi connectivity index (χ3n) is 5.86. The predicted octanol–water partition coefficient (Wildman–Crippen LogP) is 4.28. The largest absolute Gasteiger partial charge is 0.457 e. The van der Waals surface area contributed by atoms with Gasteiger partial charge in [-0.25, -0.2) is 4.79 Å². The minimum atomic E-state index is -2.05. The Balaban J connectivity index is 2.21. The first-order valence-corrected chi connectivity index (χ1v) is 15.0. The SMILES string of the molecule is C=CCOC(=O)C1=C(CSC(=O)N(C)C)S[C@@H]2[C@@H]([C@@H](C)O[Si](C)(C)C(C)(C)C)C(=O)N12. The molecule has 0 spiro atoms. The summed E-state index contributed by atoms with van der Waals surface area (Å²) in [5.74, 6) is -0.723. The highest BCUT2D eigenvalue weighted by molar-refractivity contribution is 8.15. The Morgan fingerprint density at radius 1 is 1.35 bits per heavy atom. The molecule has 174 valence electrons. The Labute approximate surface area is 195 Å². The maximum absolute atomic E-state index is 13.1. The van der Waals surface area contributed by atoms with Crippen LogP contribution in [0.15, 0.2) is 23.3 Å². The van der Waals surface area contributed by atoms with Gasteiger partial charge in [0.05, 0.1) is 12.0 Å². The van der Waals surface area contributed by atoms with Crippen LogP contribution in [-0.2, 0) is 18.8 Å². The standard InChI is InChI=1S/C21H34N2O5S2Si/c1-10-11-27-19(25)16-14(12-29-20(26)22(6)7)30-18-15(17(24)23(16)18)13(2)28-31(8,9)21(3,4)5/h10,13,15,18H,1,11-12H2,2-9H3/t13-,15+,18-/m1/s1. The molecule has 0 aromatic heterocycles. The van der Waals surface area contributed by atoms with Gasteiger partial charge < -0.3 is 14.1 Å². The number of thioether (sulfide) groups is 2. The molecular weight excluding hydrogens is 452 g/mol. The molecule has 2 rings (SSSR count). The summed E-state index contributed by atoms with van der Waals surface area (Å²) in [6.07, 6.45) is 1.22. The number of carbonyl (C=O) groups is 3. The Morgan fingerprint density at radius 3 is 2.48 bits per heavy atom. The average molecular weight is 487 g/mol. The molecule has 1 fully saturated rings. The molecule has 2 heterocycles. The number of carbonyl (C=O) groups excluding carboxylic acids is 3. The summed E-state index contributed by atoms with van der Waals surface area (Å²) in [5.41, 5.74) is 0.247. The van der Waals surface area contributed by atoms with Crippen LogP contribution in [0, 0.1) is 5.92 Å². The Bertz CT molecular complexity index is 791. The molecule has 0 N–H and O–H groups in total. The van der Waals surface area contributed by atoms with Gasteiger partial charge in [-0.2, -0.15) is 0 Å². The van der Waals surface area contributed by atoms with E-state index in [0.717, 1.165) is 11.8 Å². The summed E-state index contributed by atoms with van der Waals surface area (Å²) in [5, 5.41) is -0.301. The number of nitrogens with zero attached hydrogens (tertiary/aromatic N) is 2. The number of fused-ring (bicyclic) bond motifs is 1. The number of esters is 1. The summed E-state index contributed by atoms with van der Waals surface area (Å²) in [6, 6.07) is 0. The van der Waals surface area contributed by atoms with E-state index in [1.807, 2.05) is 6.92 Å². The smallest absolute Gasteiger partial charge is 0.356 e. The van der Waals surface area contributed by atoms with Gasteiger partial charge in [0, 0.05) is 24.8 Å². The van der Waals surface area contributed by atoms with Crippen molar-refractivity contribution in [1.82, 2.24) is 9.80 Å². The van der Waals surface area contributed by atoms with Crippen molar-refractivity contribution in [3.8, 4) is 0 Å². The van der Waals surface area contributed by atoms with Crippen LogP contribution in [0.25, 0.3) is 0 Å². The molecule has 2 aliphatic heterocycles. The van der Waals surface area contributed by atoms with E-state index in [9.17, 15) is 14.4 Å². The van der Waals surface area contributed by atoms with Crippen molar-refractivity contribution >= 4 is 49.0 Å². The first kappa shape index (κ1) is 26.0. The summed E-state index contributed by atoms with van der Waals surface area (Å²) >= 11 is 2.56. The molecule has 31 heavy (non-hydrogen) atoms. The van der Waals surface area contributed by atoms with Gasteiger partial charge in [-0.1, -0.05) is 45.2 Å². The Kier molecular flexibility index (Phi) is 8.16. The summed E-state index contributed by atoms with van der Waals surface area (Å²) in [7, 11) is 1.30. The third-order valence-corrected chi connectivity index (χ3v) is 13.0. The van der Waals surface area contributed by atoms with Crippen LogP contribution in [0.2, 0.25) is 18.1 Å². The Hall–Kier alpha value is -1.23. The van der Waals surface area contributed by atoms with Gasteiger partial charge in [0.15, 0.2) is 8.32 Å². The molecule has 0 unspecified atom stereocenters. The van der Waals surface area contributed by atoms with Crippen molar-refractivity contribution in [1.29, 1.82) is 0 Å². The van der Waals surface area contributed by atoms with Gasteiger partial charge in [-0.15, -0.1) is 11.8 Å². The lowest BCUT2D eigenvalue weighted by Crippen LogP contribution is -2.62. The molecule has 7 nitrogen and oxygen atoms in total. The topological polar surface area (TPSA) is 76.1 Å². The molecule has 1 saturated heterocycles. The van der Waals surface area contributed by atoms with E-state index < -0.39 is 14.3 Å². The van der Waals surface area contributed by atoms with E-state index in [0.29, 0.717) is 10.7 Å². The van der Waals surface area contributed by atoms with E-state index in [1.165, 1.54) is 27.6 Å². The molecule has 3 atom stereocenters. The summed E-state index contributed by atoms with van der Waals surface area (Å²) in [4.78, 5) is 41.5. The number of rotatable bonds is 8. The lowest BCUT2D eigenvalue weighted by atomic mass is 9.92. The molecule has 2 aliphatic rings. The maximum atomic E-state index is 13.1. The van der Waals surface area contributed by atoms with Crippen LogP contribution in [0.5, 0.6) is 0 Å². The monoisotopic (exact) mass is 486 g/mol. The number of ether oxygens (including phenoxy) is 1. The summed E-state index contributed by atoms with van der Waals surface area (Å²) < 4.78 is 11.7. The molecule has 0 aromatic carbocycles. The molecule has 0 radical (unpaired) electrons. The molecule has 2 amide bonds. The second-order valence-corrected chi connectivity index (χ2v) is 16.3. The number of hydrogen-bond acceptors (Lipinski definition) is 7. The predicted molar refractivity (Wildman–Crippen MR) is 129 cm³/mol. The lowest BCUT2D eigenvalue weighted by Gasteiger charge is -2.48. The number of hydrogen-bond donors (Lipinski definition) is 0. The van der Waals surface area contributed by atoms with Gasteiger partial charge >= 0.3 is 5.97 Å². The van der Waals surface area contributed by atoms with E-state index in [2.05, 4.69) is 40.4 Å². The van der Waals surface area contributed by atoms with E-state index >= 15 is 0 Å². The normalized spacial score (nSPS) is 22.1. The minimum absolute atomic E-state index is 0.0306. The zero-order valence-corrected chi connectivity index (χ0v) is 22.3. The van der Waals surface area contributed by atoms with E-state index in [1.54, 1.807) is 14.1 Å². The molecular formula is C21H34N2O5S2Si. The molecule has 0 aromatic rings. The van der Waals surface area contributed by atoms with Crippen LogP contribution in [0.4, 0.5) is 4.79 Å². The molecule has 0 aliphatic carbocycles. The van der Waals surface area contributed by atoms with Gasteiger partial charge in [-0.3, -0.25) is 14.5 Å². The first-order chi connectivity index (χ1) is 14.2. The van der Waals surface area contributed by atoms with Gasteiger partial charge in [-0.05, 0) is 25.1 Å². The first-order valence-electron chi connectivity index (χ1n) is 10.3. The highest BCUT2D eigenvalue weighted by atomic mass is 32.2. The third kappa shape index (κ3) is 5.40. The van der Waals surface area contributed by atoms with Crippen molar-refractivity contribution < 1.29 is 23.5 Å². The van der Waals surface area contributed by atoms with Crippen LogP contribution in [0.1, 0.15) is 27.7 Å². The maximum Gasteiger partial charge on any atom is 0.356 e. The number of amides is 2. The molecule has 10 heteroatoms. The zero-order chi connectivity index (χ0) is 23.7. The fraction of sp³-hybridized carbons (Fsp3) is 0.667. The highest BCUT2D eigenvalue weighted by Crippen LogP contribution is 2.52. The van der Waals surface area contributed by atoms with E-state index in [-0.39, 0.29) is 45.9 Å². The fourth-order valence-corrected chi connectivity index (χ4v) is 7.02. The van der Waals surface area contributed by atoms with Gasteiger partial charge in [0.2, 0.25) is 5.91 Å². The van der Waals surface area contributed by atoms with Gasteiger partial charge in [0.25, 0.3) is 5.24 Å². The molecule has 0 saturated carbocycles. The van der Waals surface area contributed by atoms with Crippen LogP contribution in [0.3, 0.4) is 0 Å². The lowest BCUT2D eigenvalue weighted by molar-refractivity contribution is -0.157. The van der Waals surface area contributed by atoms with Crippen molar-refractivity contribution in [2.24, 2.45) is 5.92 Å². The van der Waals surface area contributed by atoms with Crippen LogP contribution < -0.4 is 0 Å². The van der Waals surface area contributed by atoms with Crippen molar-refractivity contribution in [2.45, 2.75) is 57.3 Å². The fourth-order valence-electron chi connectivity index (χ4n) is 3.11. The second kappa shape index (κ2) is 9.72. The minimum Gasteiger partial charge on any atom is -0.457 e. The number of β-lactam (4-membered cyclic amide) rings is 1. The van der Waals surface area contributed by atoms with Crippen LogP contribution >= 0.6 is 23.5 Å². The van der Waals surface area contributed by atoms with E-state index in [4.69, 9.17) is 9.16 Å². The zero-order valence-electron chi connectivity index (χ0n) is 19.7. The highest BCUT2D eigenvalue weighted by Gasteiger charge is 2.59.